The molecule has 0 aromatic heterocycles. The van der Waals surface area contributed by atoms with Gasteiger partial charge in [0.2, 0.25) is 11.0 Å². The lowest BCUT2D eigenvalue weighted by atomic mass is 9.61. The Kier molecular flexibility index (Phi) is 8.22. The van der Waals surface area contributed by atoms with Crippen molar-refractivity contribution in [1.82, 2.24) is 10.6 Å². The average molecular weight is 567 g/mol. The van der Waals surface area contributed by atoms with Crippen LogP contribution in [0.2, 0.25) is 0 Å². The first kappa shape index (κ1) is 29.2. The number of aliphatic hydroxyl groups is 1. The standard InChI is InChI=1S/C29H37ClF2N2O3S/c1-16(7-6-8-17(30)15-31)23-24(25(35)33-19-12-28(5,37)13-19)34-22(14-27(2,3)4)29(23)20-10-9-18(32)11-21(20)38-26(29)36/h6-11,16,19,22-24,34,37H,12-15H2,1-5H3,(H,33,35)/b7-6-,17-8+/t16?,19?,22-,23+,24-,28?,29+/m1/s1. The summed E-state index contributed by atoms with van der Waals surface area (Å²) in [5.74, 6) is -1.44. The summed E-state index contributed by atoms with van der Waals surface area (Å²) in [7, 11) is 0. The third-order valence-electron chi connectivity index (χ3n) is 7.95. The number of hydrogen-bond donors (Lipinski definition) is 3. The molecule has 1 aromatic rings. The van der Waals surface area contributed by atoms with Gasteiger partial charge in [-0.05, 0) is 61.3 Å². The zero-order valence-electron chi connectivity index (χ0n) is 22.5. The largest absolute Gasteiger partial charge is 0.390 e. The molecule has 5 nitrogen and oxygen atoms in total. The van der Waals surface area contributed by atoms with Gasteiger partial charge in [-0.3, -0.25) is 9.59 Å². The SMILES string of the molecule is CC(/C=C\C=C(\Cl)CF)[C@H]1[C@H](C(=O)NC2CC(C)(O)C2)N[C@H](CC(C)(C)C)[C@]12C(=O)Sc1cc(F)ccc12. The van der Waals surface area contributed by atoms with E-state index in [0.29, 0.717) is 24.2 Å². The fourth-order valence-electron chi connectivity index (χ4n) is 6.49. The number of alkyl halides is 1. The van der Waals surface area contributed by atoms with E-state index in [0.717, 1.165) is 17.3 Å². The number of hydrogen-bond acceptors (Lipinski definition) is 5. The van der Waals surface area contributed by atoms with Crippen molar-refractivity contribution in [3.63, 3.8) is 0 Å². The second-order valence-electron chi connectivity index (χ2n) is 12.5. The van der Waals surface area contributed by atoms with Crippen LogP contribution in [0.3, 0.4) is 0 Å². The third kappa shape index (κ3) is 5.60. The van der Waals surface area contributed by atoms with Crippen molar-refractivity contribution in [3.8, 4) is 0 Å². The highest BCUT2D eigenvalue weighted by atomic mass is 35.5. The van der Waals surface area contributed by atoms with E-state index in [1.165, 1.54) is 18.2 Å². The summed E-state index contributed by atoms with van der Waals surface area (Å²) >= 11 is 6.89. The maximum atomic E-state index is 14.2. The Bertz CT molecular complexity index is 1160. The summed E-state index contributed by atoms with van der Waals surface area (Å²) in [6, 6.07) is 3.22. The first-order valence-corrected chi connectivity index (χ1v) is 14.3. The number of benzene rings is 1. The third-order valence-corrected chi connectivity index (χ3v) is 9.26. The Balaban J connectivity index is 1.81. The average Bonchev–Trinajstić information content (AvgIpc) is 3.26. The van der Waals surface area contributed by atoms with Gasteiger partial charge in [0.15, 0.2) is 0 Å². The number of allylic oxidation sites excluding steroid dienone is 4. The molecule has 1 saturated carbocycles. The predicted octanol–water partition coefficient (Wildman–Crippen LogP) is 5.40. The summed E-state index contributed by atoms with van der Waals surface area (Å²) in [5, 5.41) is 16.7. The van der Waals surface area contributed by atoms with Crippen LogP contribution in [0.25, 0.3) is 0 Å². The second-order valence-corrected chi connectivity index (χ2v) is 14.0. The van der Waals surface area contributed by atoms with Crippen LogP contribution in [-0.2, 0) is 15.0 Å². The lowest BCUT2D eigenvalue weighted by molar-refractivity contribution is -0.128. The highest BCUT2D eigenvalue weighted by molar-refractivity contribution is 8.14. The van der Waals surface area contributed by atoms with E-state index in [1.54, 1.807) is 19.1 Å². The summed E-state index contributed by atoms with van der Waals surface area (Å²) in [6.45, 7) is 9.17. The van der Waals surface area contributed by atoms with Gasteiger partial charge in [-0.1, -0.05) is 69.3 Å². The van der Waals surface area contributed by atoms with Crippen molar-refractivity contribution < 1.29 is 23.5 Å². The zero-order chi connectivity index (χ0) is 28.0. The molecule has 1 aromatic carbocycles. The van der Waals surface area contributed by atoms with E-state index in [9.17, 15) is 23.5 Å². The number of amides is 1. The van der Waals surface area contributed by atoms with Crippen molar-refractivity contribution in [2.24, 2.45) is 17.3 Å². The Morgan fingerprint density at radius 2 is 2.05 bits per heavy atom. The topological polar surface area (TPSA) is 78.4 Å². The molecule has 9 heteroatoms. The van der Waals surface area contributed by atoms with Gasteiger partial charge in [-0.2, -0.15) is 0 Å². The molecule has 1 saturated heterocycles. The minimum Gasteiger partial charge on any atom is -0.390 e. The lowest BCUT2D eigenvalue weighted by Gasteiger charge is -2.42. The molecular weight excluding hydrogens is 530 g/mol. The summed E-state index contributed by atoms with van der Waals surface area (Å²) in [5.41, 5.74) is -1.31. The van der Waals surface area contributed by atoms with Crippen molar-refractivity contribution in [3.05, 3.63) is 52.8 Å². The highest BCUT2D eigenvalue weighted by Gasteiger charge is 2.66. The Labute approximate surface area is 232 Å². The van der Waals surface area contributed by atoms with Gasteiger partial charge in [0.1, 0.15) is 12.5 Å². The van der Waals surface area contributed by atoms with Crippen LogP contribution >= 0.6 is 23.4 Å². The fraction of sp³-hybridized carbons (Fsp3) is 0.586. The smallest absolute Gasteiger partial charge is 0.237 e. The Morgan fingerprint density at radius 1 is 1.37 bits per heavy atom. The molecule has 0 bridgehead atoms. The molecule has 3 aliphatic rings. The normalized spacial score (nSPS) is 34.0. The molecule has 1 aliphatic carbocycles. The Morgan fingerprint density at radius 3 is 2.66 bits per heavy atom. The van der Waals surface area contributed by atoms with E-state index in [-0.39, 0.29) is 39.5 Å². The van der Waals surface area contributed by atoms with Gasteiger partial charge in [-0.25, -0.2) is 8.78 Å². The minimum atomic E-state index is -1.08. The van der Waals surface area contributed by atoms with Crippen molar-refractivity contribution in [2.75, 3.05) is 6.67 Å². The minimum absolute atomic E-state index is 0.0537. The number of rotatable bonds is 7. The first-order valence-electron chi connectivity index (χ1n) is 13.1. The molecule has 1 unspecified atom stereocenters. The van der Waals surface area contributed by atoms with Gasteiger partial charge in [0.25, 0.3) is 0 Å². The zero-order valence-corrected chi connectivity index (χ0v) is 24.1. The van der Waals surface area contributed by atoms with Crippen molar-refractivity contribution >= 4 is 34.4 Å². The molecule has 1 spiro atoms. The fourth-order valence-corrected chi connectivity index (χ4v) is 7.84. The molecule has 5 atom stereocenters. The number of halogens is 3. The molecular formula is C29H37ClF2N2O3S. The van der Waals surface area contributed by atoms with Crippen LogP contribution in [0.5, 0.6) is 0 Å². The molecule has 4 rings (SSSR count). The van der Waals surface area contributed by atoms with Gasteiger partial charge >= 0.3 is 0 Å². The number of carbonyl (C=O) groups is 2. The number of carbonyl (C=O) groups excluding carboxylic acids is 2. The predicted molar refractivity (Wildman–Crippen MR) is 147 cm³/mol. The summed E-state index contributed by atoms with van der Waals surface area (Å²) in [6.07, 6.45) is 6.52. The molecule has 3 N–H and O–H groups in total. The van der Waals surface area contributed by atoms with Crippen LogP contribution in [0.4, 0.5) is 8.78 Å². The molecule has 2 fully saturated rings. The molecule has 208 valence electrons. The van der Waals surface area contributed by atoms with Gasteiger partial charge in [-0.15, -0.1) is 0 Å². The summed E-state index contributed by atoms with van der Waals surface area (Å²) in [4.78, 5) is 28.4. The summed E-state index contributed by atoms with van der Waals surface area (Å²) < 4.78 is 27.1. The van der Waals surface area contributed by atoms with Crippen LogP contribution in [0, 0.1) is 23.1 Å². The maximum Gasteiger partial charge on any atom is 0.237 e. The number of fused-ring (bicyclic) bond motifs is 2. The lowest BCUT2D eigenvalue weighted by Crippen LogP contribution is -2.57. The molecule has 0 radical (unpaired) electrons. The monoisotopic (exact) mass is 566 g/mol. The van der Waals surface area contributed by atoms with Gasteiger partial charge in [0, 0.05) is 27.9 Å². The molecule has 38 heavy (non-hydrogen) atoms. The van der Waals surface area contributed by atoms with Crippen molar-refractivity contribution in [1.29, 1.82) is 0 Å². The number of thioether (sulfide) groups is 1. The molecule has 1 amide bonds. The molecule has 2 aliphatic heterocycles. The van der Waals surface area contributed by atoms with E-state index in [4.69, 9.17) is 11.6 Å². The Hall–Kier alpha value is -1.74. The van der Waals surface area contributed by atoms with Crippen LogP contribution < -0.4 is 10.6 Å². The van der Waals surface area contributed by atoms with Crippen molar-refractivity contribution in [2.45, 2.75) is 87.9 Å². The quantitative estimate of drug-likeness (QED) is 0.385. The second kappa shape index (κ2) is 10.7. The van der Waals surface area contributed by atoms with Crippen LogP contribution in [0.1, 0.15) is 59.4 Å². The first-order chi connectivity index (χ1) is 17.7. The molecule has 2 heterocycles. The van der Waals surface area contributed by atoms with E-state index in [2.05, 4.69) is 31.4 Å². The number of nitrogens with one attached hydrogen (secondary N) is 2. The van der Waals surface area contributed by atoms with Crippen LogP contribution in [-0.4, -0.2) is 46.5 Å². The van der Waals surface area contributed by atoms with Gasteiger partial charge in [0.05, 0.1) is 17.1 Å². The highest BCUT2D eigenvalue weighted by Crippen LogP contribution is 2.58. The van der Waals surface area contributed by atoms with E-state index < -0.39 is 35.5 Å². The maximum absolute atomic E-state index is 14.2. The van der Waals surface area contributed by atoms with Crippen LogP contribution in [0.15, 0.2) is 46.4 Å². The van der Waals surface area contributed by atoms with E-state index in [1.807, 2.05) is 13.0 Å². The van der Waals surface area contributed by atoms with Gasteiger partial charge < -0.3 is 15.7 Å². The van der Waals surface area contributed by atoms with E-state index >= 15 is 0 Å².